The van der Waals surface area contributed by atoms with Gasteiger partial charge in [-0.05, 0) is 6.42 Å². The first-order valence-corrected chi connectivity index (χ1v) is 5.66. The van der Waals surface area contributed by atoms with E-state index in [1.165, 1.54) is 6.33 Å². The fourth-order valence-corrected chi connectivity index (χ4v) is 1.23. The fraction of sp³-hybridized carbons (Fsp3) is 0.700. The Hall–Kier alpha value is -1.47. The smallest absolute Gasteiger partial charge is 0.233 e. The minimum Gasteiger partial charge on any atom is -0.380 e. The first-order valence-electron chi connectivity index (χ1n) is 5.66. The number of aryl methyl sites for hydroxylation is 1. The van der Waals surface area contributed by atoms with E-state index in [2.05, 4.69) is 25.8 Å². The summed E-state index contributed by atoms with van der Waals surface area (Å²) in [5.41, 5.74) is 0. The van der Waals surface area contributed by atoms with Crippen molar-refractivity contribution >= 4 is 5.91 Å². The fourth-order valence-electron chi connectivity index (χ4n) is 1.23. The second-order valence-corrected chi connectivity index (χ2v) is 3.50. The summed E-state index contributed by atoms with van der Waals surface area (Å²) in [6.07, 6.45) is 3.25. The maximum atomic E-state index is 10.8. The van der Waals surface area contributed by atoms with Crippen LogP contribution in [-0.4, -0.2) is 54.4 Å². The number of aromatic amines is 1. The molecule has 0 spiro atoms. The van der Waals surface area contributed by atoms with Gasteiger partial charge in [-0.1, -0.05) is 0 Å². The zero-order chi connectivity index (χ0) is 12.3. The molecule has 0 aromatic carbocycles. The van der Waals surface area contributed by atoms with E-state index in [1.54, 1.807) is 7.05 Å². The third-order valence-electron chi connectivity index (χ3n) is 2.15. The number of H-pyrrole nitrogens is 1. The summed E-state index contributed by atoms with van der Waals surface area (Å²) in [7, 11) is 1.62. The van der Waals surface area contributed by atoms with Gasteiger partial charge >= 0.3 is 0 Å². The second kappa shape index (κ2) is 8.66. The number of nitrogens with one attached hydrogen (secondary N) is 3. The molecule has 1 amide bonds. The van der Waals surface area contributed by atoms with Gasteiger partial charge in [0.05, 0.1) is 13.2 Å². The van der Waals surface area contributed by atoms with Crippen molar-refractivity contribution in [2.45, 2.75) is 12.8 Å². The number of carbonyl (C=O) groups excluding carboxylic acids is 1. The lowest BCUT2D eigenvalue weighted by atomic mass is 10.3. The molecule has 1 aromatic rings. The summed E-state index contributed by atoms with van der Waals surface area (Å²) in [5.74, 6) is 0.863. The number of ether oxygens (including phenoxy) is 1. The van der Waals surface area contributed by atoms with E-state index < -0.39 is 0 Å². The predicted molar refractivity (Wildman–Crippen MR) is 62.5 cm³/mol. The molecule has 17 heavy (non-hydrogen) atoms. The van der Waals surface area contributed by atoms with Crippen LogP contribution < -0.4 is 10.6 Å². The first-order chi connectivity index (χ1) is 8.33. The lowest BCUT2D eigenvalue weighted by Crippen LogP contribution is -2.33. The summed E-state index contributed by atoms with van der Waals surface area (Å²) in [4.78, 5) is 14.9. The minimum absolute atomic E-state index is 0.0182. The van der Waals surface area contributed by atoms with Crippen LogP contribution in [0.3, 0.4) is 0 Å². The monoisotopic (exact) mass is 241 g/mol. The summed E-state index contributed by atoms with van der Waals surface area (Å²) < 4.78 is 5.39. The molecule has 7 nitrogen and oxygen atoms in total. The molecule has 7 heteroatoms. The molecule has 0 fully saturated rings. The van der Waals surface area contributed by atoms with Crippen molar-refractivity contribution < 1.29 is 9.53 Å². The standard InChI is InChI=1S/C10H19N5O2/c1-11-10(16)7-12-4-6-17-5-2-3-9-13-8-14-15-9/h8,12H,2-7H2,1H3,(H,11,16)(H,13,14,15). The largest absolute Gasteiger partial charge is 0.380 e. The maximum absolute atomic E-state index is 10.8. The molecule has 0 aliphatic rings. The van der Waals surface area contributed by atoms with Gasteiger partial charge in [-0.3, -0.25) is 9.89 Å². The van der Waals surface area contributed by atoms with Crippen molar-refractivity contribution in [2.24, 2.45) is 0 Å². The number of aromatic nitrogens is 3. The zero-order valence-electron chi connectivity index (χ0n) is 10.0. The number of hydrogen-bond donors (Lipinski definition) is 3. The molecule has 0 radical (unpaired) electrons. The summed E-state index contributed by atoms with van der Waals surface area (Å²) >= 11 is 0. The van der Waals surface area contributed by atoms with Gasteiger partial charge in [0.25, 0.3) is 0 Å². The Labute approximate surface area is 100 Å². The van der Waals surface area contributed by atoms with Crippen molar-refractivity contribution in [2.75, 3.05) is 33.4 Å². The number of likely N-dealkylation sites (N-methyl/N-ethyl adjacent to an activating group) is 1. The van der Waals surface area contributed by atoms with Crippen LogP contribution in [0.4, 0.5) is 0 Å². The third-order valence-corrected chi connectivity index (χ3v) is 2.15. The molecule has 96 valence electrons. The molecular weight excluding hydrogens is 222 g/mol. The van der Waals surface area contributed by atoms with E-state index in [0.29, 0.717) is 26.3 Å². The number of carbonyl (C=O) groups is 1. The van der Waals surface area contributed by atoms with Crippen LogP contribution in [0.2, 0.25) is 0 Å². The number of amides is 1. The highest BCUT2D eigenvalue weighted by Crippen LogP contribution is 1.93. The number of rotatable bonds is 9. The molecule has 1 rings (SSSR count). The van der Waals surface area contributed by atoms with Gasteiger partial charge in [-0.25, -0.2) is 4.98 Å². The molecule has 0 unspecified atom stereocenters. The van der Waals surface area contributed by atoms with Crippen LogP contribution in [0.25, 0.3) is 0 Å². The van der Waals surface area contributed by atoms with Gasteiger partial charge in [0.15, 0.2) is 0 Å². The van der Waals surface area contributed by atoms with Gasteiger partial charge in [0.1, 0.15) is 12.2 Å². The van der Waals surface area contributed by atoms with E-state index in [0.717, 1.165) is 18.7 Å². The molecule has 0 bridgehead atoms. The lowest BCUT2D eigenvalue weighted by molar-refractivity contribution is -0.119. The maximum Gasteiger partial charge on any atom is 0.233 e. The average Bonchev–Trinajstić information content (AvgIpc) is 2.85. The molecule has 0 saturated heterocycles. The van der Waals surface area contributed by atoms with Crippen molar-refractivity contribution in [3.05, 3.63) is 12.2 Å². The molecule has 1 heterocycles. The Bertz CT molecular complexity index is 302. The number of hydrogen-bond acceptors (Lipinski definition) is 5. The molecule has 0 atom stereocenters. The molecule has 0 aliphatic heterocycles. The van der Waals surface area contributed by atoms with Gasteiger partial charge in [-0.2, -0.15) is 5.10 Å². The average molecular weight is 241 g/mol. The van der Waals surface area contributed by atoms with Gasteiger partial charge in [0, 0.05) is 26.6 Å². The molecule has 0 aliphatic carbocycles. The van der Waals surface area contributed by atoms with E-state index in [4.69, 9.17) is 4.74 Å². The van der Waals surface area contributed by atoms with E-state index in [1.807, 2.05) is 0 Å². The Balaban J connectivity index is 1.83. The van der Waals surface area contributed by atoms with E-state index >= 15 is 0 Å². The Morgan fingerprint density at radius 3 is 3.12 bits per heavy atom. The van der Waals surface area contributed by atoms with Crippen molar-refractivity contribution in [3.63, 3.8) is 0 Å². The van der Waals surface area contributed by atoms with Gasteiger partial charge < -0.3 is 15.4 Å². The molecule has 0 saturated carbocycles. The molecular formula is C10H19N5O2. The van der Waals surface area contributed by atoms with E-state index in [9.17, 15) is 4.79 Å². The quantitative estimate of drug-likeness (QED) is 0.487. The van der Waals surface area contributed by atoms with Crippen LogP contribution in [0.5, 0.6) is 0 Å². The summed E-state index contributed by atoms with van der Waals surface area (Å²) in [6.45, 7) is 2.30. The highest BCUT2D eigenvalue weighted by atomic mass is 16.5. The van der Waals surface area contributed by atoms with Crippen LogP contribution in [0.1, 0.15) is 12.2 Å². The van der Waals surface area contributed by atoms with Crippen LogP contribution in [0, 0.1) is 0 Å². The van der Waals surface area contributed by atoms with Crippen molar-refractivity contribution in [3.8, 4) is 0 Å². The third kappa shape index (κ3) is 6.64. The highest BCUT2D eigenvalue weighted by Gasteiger charge is 1.97. The molecule has 3 N–H and O–H groups in total. The summed E-state index contributed by atoms with van der Waals surface area (Å²) in [6, 6.07) is 0. The second-order valence-electron chi connectivity index (χ2n) is 3.50. The topological polar surface area (TPSA) is 91.9 Å². The van der Waals surface area contributed by atoms with E-state index in [-0.39, 0.29) is 5.91 Å². The van der Waals surface area contributed by atoms with Gasteiger partial charge in [-0.15, -0.1) is 0 Å². The SMILES string of the molecule is CNC(=O)CNCCOCCCc1ncn[nH]1. The first kappa shape index (κ1) is 13.6. The van der Waals surface area contributed by atoms with Crippen LogP contribution in [-0.2, 0) is 16.0 Å². The Morgan fingerprint density at radius 1 is 1.53 bits per heavy atom. The minimum atomic E-state index is -0.0182. The van der Waals surface area contributed by atoms with Crippen LogP contribution in [0.15, 0.2) is 6.33 Å². The normalized spacial score (nSPS) is 10.4. The zero-order valence-corrected chi connectivity index (χ0v) is 10.0. The number of nitrogens with zero attached hydrogens (tertiary/aromatic N) is 2. The highest BCUT2D eigenvalue weighted by molar-refractivity contribution is 5.77. The summed E-state index contributed by atoms with van der Waals surface area (Å²) in [5, 5.41) is 12.1. The van der Waals surface area contributed by atoms with Gasteiger partial charge in [0.2, 0.25) is 5.91 Å². The Morgan fingerprint density at radius 2 is 2.41 bits per heavy atom. The Kier molecular flexibility index (Phi) is 6.92. The predicted octanol–water partition coefficient (Wildman–Crippen LogP) is -0.910. The van der Waals surface area contributed by atoms with Crippen molar-refractivity contribution in [1.29, 1.82) is 0 Å². The van der Waals surface area contributed by atoms with Crippen molar-refractivity contribution in [1.82, 2.24) is 25.8 Å². The van der Waals surface area contributed by atoms with Crippen LogP contribution >= 0.6 is 0 Å². The lowest BCUT2D eigenvalue weighted by Gasteiger charge is -2.05. The molecule has 1 aromatic heterocycles.